The van der Waals surface area contributed by atoms with E-state index in [9.17, 15) is 5.11 Å². The maximum Gasteiger partial charge on any atom is 0.219 e. The van der Waals surface area contributed by atoms with Gasteiger partial charge in [0.15, 0.2) is 0 Å². The van der Waals surface area contributed by atoms with Crippen molar-refractivity contribution < 1.29 is 9.84 Å². The fourth-order valence-electron chi connectivity index (χ4n) is 9.08. The highest BCUT2D eigenvalue weighted by Gasteiger charge is 2.41. The van der Waals surface area contributed by atoms with E-state index < -0.39 is 0 Å². The number of fused-ring (bicyclic) bond motifs is 2. The number of rotatable bonds is 8. The summed E-state index contributed by atoms with van der Waals surface area (Å²) in [5, 5.41) is 10.9. The first-order valence-corrected chi connectivity index (χ1v) is 19.6. The smallest absolute Gasteiger partial charge is 0.219 e. The molecule has 5 aromatic carbocycles. The SMILES string of the molecule is CC(C)c1cccc(C(C)C)c1-c1cc(Oc2cccc(-c3cc(-c4ccc5c(c4)CC4(Cc6ccccc6C4)C5)ccn3)n2)cc(-c2ccccc2O)c1. The Morgan fingerprint density at radius 1 is 0.545 bits per heavy atom. The minimum atomic E-state index is 0.227. The summed E-state index contributed by atoms with van der Waals surface area (Å²) in [7, 11) is 0. The second kappa shape index (κ2) is 14.0. The molecule has 0 fully saturated rings. The molecule has 0 aliphatic heterocycles. The maximum atomic E-state index is 10.9. The fourth-order valence-corrected chi connectivity index (χ4v) is 9.08. The Balaban J connectivity index is 1.03. The van der Waals surface area contributed by atoms with Gasteiger partial charge in [-0.2, -0.15) is 0 Å². The van der Waals surface area contributed by atoms with Gasteiger partial charge in [-0.25, -0.2) is 4.98 Å². The third kappa shape index (κ3) is 6.71. The highest BCUT2D eigenvalue weighted by atomic mass is 16.5. The molecule has 55 heavy (non-hydrogen) atoms. The van der Waals surface area contributed by atoms with Gasteiger partial charge in [-0.15, -0.1) is 0 Å². The molecule has 4 heteroatoms. The number of phenolic OH excluding ortho intramolecular Hbond substituents is 1. The number of para-hydroxylation sites is 1. The van der Waals surface area contributed by atoms with Crippen LogP contribution in [0.4, 0.5) is 0 Å². The molecule has 0 saturated heterocycles. The van der Waals surface area contributed by atoms with Gasteiger partial charge in [0.25, 0.3) is 0 Å². The Morgan fingerprint density at radius 3 is 1.91 bits per heavy atom. The molecule has 272 valence electrons. The number of phenols is 1. The number of hydrogen-bond acceptors (Lipinski definition) is 4. The van der Waals surface area contributed by atoms with E-state index in [2.05, 4.69) is 113 Å². The molecule has 2 aromatic heterocycles. The van der Waals surface area contributed by atoms with Crippen LogP contribution in [0.2, 0.25) is 0 Å². The summed E-state index contributed by atoms with van der Waals surface area (Å²) in [6, 6.07) is 46.4. The number of ether oxygens (including phenoxy) is 1. The van der Waals surface area contributed by atoms with Gasteiger partial charge in [0, 0.05) is 17.8 Å². The van der Waals surface area contributed by atoms with E-state index in [0.29, 0.717) is 28.9 Å². The van der Waals surface area contributed by atoms with E-state index in [0.717, 1.165) is 46.5 Å². The van der Waals surface area contributed by atoms with Crippen molar-refractivity contribution in [3.63, 3.8) is 0 Å². The summed E-state index contributed by atoms with van der Waals surface area (Å²) >= 11 is 0. The highest BCUT2D eigenvalue weighted by Crippen LogP contribution is 2.48. The average molecular weight is 719 g/mol. The van der Waals surface area contributed by atoms with Crippen LogP contribution in [0.15, 0.2) is 140 Å². The van der Waals surface area contributed by atoms with Crippen LogP contribution >= 0.6 is 0 Å². The topological polar surface area (TPSA) is 55.2 Å². The van der Waals surface area contributed by atoms with Crippen molar-refractivity contribution >= 4 is 0 Å². The van der Waals surface area contributed by atoms with Crippen molar-refractivity contribution in [2.24, 2.45) is 5.41 Å². The Kier molecular flexibility index (Phi) is 8.85. The van der Waals surface area contributed by atoms with E-state index >= 15 is 0 Å². The lowest BCUT2D eigenvalue weighted by molar-refractivity contribution is 0.326. The van der Waals surface area contributed by atoms with E-state index in [4.69, 9.17) is 14.7 Å². The zero-order valence-electron chi connectivity index (χ0n) is 32.0. The monoisotopic (exact) mass is 718 g/mol. The van der Waals surface area contributed by atoms with Gasteiger partial charge in [0.1, 0.15) is 11.5 Å². The molecule has 0 radical (unpaired) electrons. The zero-order chi connectivity index (χ0) is 37.7. The zero-order valence-corrected chi connectivity index (χ0v) is 32.0. The van der Waals surface area contributed by atoms with Gasteiger partial charge in [-0.05, 0) is 147 Å². The van der Waals surface area contributed by atoms with Gasteiger partial charge in [-0.3, -0.25) is 4.98 Å². The Hall–Kier alpha value is -6.00. The average Bonchev–Trinajstić information content (AvgIpc) is 3.74. The van der Waals surface area contributed by atoms with Crippen LogP contribution in [0.3, 0.4) is 0 Å². The van der Waals surface area contributed by atoms with Gasteiger partial charge in [0.05, 0.1) is 11.4 Å². The normalized spacial score (nSPS) is 14.1. The van der Waals surface area contributed by atoms with E-state index in [1.54, 1.807) is 6.07 Å². The molecule has 4 nitrogen and oxygen atoms in total. The predicted octanol–water partition coefficient (Wildman–Crippen LogP) is 12.8. The summed E-state index contributed by atoms with van der Waals surface area (Å²) in [6.45, 7) is 8.95. The van der Waals surface area contributed by atoms with Crippen LogP contribution in [0.1, 0.15) is 72.9 Å². The van der Waals surface area contributed by atoms with Gasteiger partial charge in [0.2, 0.25) is 5.88 Å². The van der Waals surface area contributed by atoms with Crippen LogP contribution in [0.25, 0.3) is 44.8 Å². The number of nitrogens with zero attached hydrogens (tertiary/aromatic N) is 2. The van der Waals surface area contributed by atoms with Crippen molar-refractivity contribution in [3.05, 3.63) is 173 Å². The molecule has 0 unspecified atom stereocenters. The number of aromatic nitrogens is 2. The minimum Gasteiger partial charge on any atom is -0.507 e. The molecule has 0 amide bonds. The molecule has 2 aliphatic carbocycles. The molecular weight excluding hydrogens is 673 g/mol. The first-order chi connectivity index (χ1) is 26.7. The van der Waals surface area contributed by atoms with Crippen LogP contribution < -0.4 is 4.74 Å². The van der Waals surface area contributed by atoms with E-state index in [1.807, 2.05) is 48.7 Å². The van der Waals surface area contributed by atoms with Crippen molar-refractivity contribution in [2.75, 3.05) is 0 Å². The minimum absolute atomic E-state index is 0.227. The van der Waals surface area contributed by atoms with E-state index in [-0.39, 0.29) is 5.75 Å². The number of aromatic hydroxyl groups is 1. The maximum absolute atomic E-state index is 10.9. The first-order valence-electron chi connectivity index (χ1n) is 19.6. The third-order valence-electron chi connectivity index (χ3n) is 11.7. The summed E-state index contributed by atoms with van der Waals surface area (Å²) < 4.78 is 6.62. The molecule has 2 aliphatic rings. The molecule has 9 rings (SSSR count). The lowest BCUT2D eigenvalue weighted by Gasteiger charge is -2.21. The first kappa shape index (κ1) is 34.7. The van der Waals surface area contributed by atoms with Crippen molar-refractivity contribution in [1.29, 1.82) is 0 Å². The molecular formula is C51H46N2O2. The largest absolute Gasteiger partial charge is 0.507 e. The number of benzene rings is 5. The molecule has 0 atom stereocenters. The molecule has 1 spiro atoms. The molecule has 1 N–H and O–H groups in total. The Labute approximate surface area is 324 Å². The third-order valence-corrected chi connectivity index (χ3v) is 11.7. The second-order valence-electron chi connectivity index (χ2n) is 16.2. The highest BCUT2D eigenvalue weighted by molar-refractivity contribution is 5.81. The van der Waals surface area contributed by atoms with Crippen molar-refractivity contribution in [2.45, 2.75) is 65.2 Å². The number of hydrogen-bond donors (Lipinski definition) is 1. The Morgan fingerprint density at radius 2 is 1.18 bits per heavy atom. The predicted molar refractivity (Wildman–Crippen MR) is 224 cm³/mol. The number of pyridine rings is 2. The van der Waals surface area contributed by atoms with E-state index in [1.165, 1.54) is 57.3 Å². The van der Waals surface area contributed by atoms with Crippen molar-refractivity contribution in [3.8, 4) is 62.1 Å². The quantitative estimate of drug-likeness (QED) is 0.170. The molecule has 0 bridgehead atoms. The lowest BCUT2D eigenvalue weighted by Crippen LogP contribution is -2.21. The summed E-state index contributed by atoms with van der Waals surface area (Å²) in [5.74, 6) is 2.01. The van der Waals surface area contributed by atoms with Gasteiger partial charge in [-0.1, -0.05) is 113 Å². The van der Waals surface area contributed by atoms with Gasteiger partial charge >= 0.3 is 0 Å². The molecule has 0 saturated carbocycles. The van der Waals surface area contributed by atoms with Crippen LogP contribution in [0, 0.1) is 5.41 Å². The lowest BCUT2D eigenvalue weighted by atomic mass is 9.82. The van der Waals surface area contributed by atoms with Crippen molar-refractivity contribution in [1.82, 2.24) is 9.97 Å². The summed E-state index contributed by atoms with van der Waals surface area (Å²) in [5.41, 5.74) is 16.6. The van der Waals surface area contributed by atoms with Gasteiger partial charge < -0.3 is 9.84 Å². The molecule has 7 aromatic rings. The van der Waals surface area contributed by atoms with Crippen LogP contribution in [-0.2, 0) is 25.7 Å². The van der Waals surface area contributed by atoms with Crippen LogP contribution in [0.5, 0.6) is 17.4 Å². The summed E-state index contributed by atoms with van der Waals surface area (Å²) in [4.78, 5) is 9.74. The second-order valence-corrected chi connectivity index (χ2v) is 16.2. The molecule has 2 heterocycles. The van der Waals surface area contributed by atoms with Crippen LogP contribution in [-0.4, -0.2) is 15.1 Å². The standard InChI is InChI=1S/C51H46N2O2/c1-32(2)43-14-9-15-44(33(3)4)50(43)40-24-39(45-13-7-8-17-48(45)54)25-42(26-40)55-49-18-10-16-46(53-49)47-27-35(21-22-52-47)34-19-20-38-30-51(31-41(38)23-34)28-36-11-5-6-12-37(36)29-51/h5-27,32-33,54H,28-31H2,1-4H3. The Bertz CT molecular complexity index is 2520. The fraction of sp³-hybridized carbons (Fsp3) is 0.216. The summed E-state index contributed by atoms with van der Waals surface area (Å²) in [6.07, 6.45) is 6.49.